The minimum absolute atomic E-state index is 0.00918. The first kappa shape index (κ1) is 46.4. The Balaban J connectivity index is 4.28. The minimum atomic E-state index is -1.06. The quantitative estimate of drug-likeness (QED) is 0.0441. The zero-order valence-electron chi connectivity index (χ0n) is 31.9. The number of carbonyl (C=O) groups is 3. The normalized spacial score (nSPS) is 12.6. The van der Waals surface area contributed by atoms with E-state index in [-0.39, 0.29) is 18.3 Å². The second-order valence-corrected chi connectivity index (χ2v) is 14.4. The maximum Gasteiger partial charge on any atom is 0.326 e. The van der Waals surface area contributed by atoms with Crippen molar-refractivity contribution in [2.75, 3.05) is 6.54 Å². The second kappa shape index (κ2) is 36.6. The van der Waals surface area contributed by atoms with Gasteiger partial charge in [0, 0.05) is 6.42 Å². The summed E-state index contributed by atoms with van der Waals surface area (Å²) in [6.45, 7) is 4.90. The summed E-state index contributed by atoms with van der Waals surface area (Å²) in [5.74, 6) is -1.68. The third-order valence-corrected chi connectivity index (χ3v) is 9.66. The Morgan fingerprint density at radius 2 is 0.917 bits per heavy atom. The van der Waals surface area contributed by atoms with E-state index in [2.05, 4.69) is 19.2 Å². The summed E-state index contributed by atoms with van der Waals surface area (Å²) in [5, 5.41) is 12.1. The molecule has 2 unspecified atom stereocenters. The van der Waals surface area contributed by atoms with E-state index in [4.69, 9.17) is 10.5 Å². The third kappa shape index (κ3) is 32.9. The third-order valence-electron chi connectivity index (χ3n) is 9.66. The molecule has 0 saturated carbocycles. The molecular formula is C41H80N2O5. The van der Waals surface area contributed by atoms with Crippen LogP contribution in [0.15, 0.2) is 0 Å². The van der Waals surface area contributed by atoms with Crippen molar-refractivity contribution in [1.29, 1.82) is 0 Å². The van der Waals surface area contributed by atoms with Gasteiger partial charge in [-0.3, -0.25) is 9.59 Å². The maximum atomic E-state index is 12.8. The van der Waals surface area contributed by atoms with Crippen LogP contribution in [0.1, 0.15) is 226 Å². The van der Waals surface area contributed by atoms with Gasteiger partial charge in [0.05, 0.1) is 6.42 Å². The number of amides is 1. The van der Waals surface area contributed by atoms with Crippen LogP contribution in [-0.4, -0.2) is 41.6 Å². The lowest BCUT2D eigenvalue weighted by Gasteiger charge is -2.20. The van der Waals surface area contributed by atoms with Gasteiger partial charge in [-0.15, -0.1) is 0 Å². The summed E-state index contributed by atoms with van der Waals surface area (Å²) < 4.78 is 5.80. The van der Waals surface area contributed by atoms with E-state index in [1.807, 2.05) is 0 Å². The lowest BCUT2D eigenvalue weighted by molar-refractivity contribution is -0.151. The van der Waals surface area contributed by atoms with E-state index in [1.54, 1.807) is 0 Å². The van der Waals surface area contributed by atoms with Crippen LogP contribution < -0.4 is 11.1 Å². The summed E-state index contributed by atoms with van der Waals surface area (Å²) in [7, 11) is 0. The highest BCUT2D eigenvalue weighted by molar-refractivity contribution is 5.84. The number of hydrogen-bond acceptors (Lipinski definition) is 5. The van der Waals surface area contributed by atoms with Crippen molar-refractivity contribution in [3.05, 3.63) is 0 Å². The molecular weight excluding hydrogens is 600 g/mol. The van der Waals surface area contributed by atoms with Gasteiger partial charge in [-0.1, -0.05) is 181 Å². The Bertz CT molecular complexity index is 732. The van der Waals surface area contributed by atoms with Crippen molar-refractivity contribution < 1.29 is 24.2 Å². The van der Waals surface area contributed by atoms with Crippen LogP contribution in [0.4, 0.5) is 0 Å². The van der Waals surface area contributed by atoms with Crippen molar-refractivity contribution in [2.45, 2.75) is 238 Å². The summed E-state index contributed by atoms with van der Waals surface area (Å²) >= 11 is 0. The van der Waals surface area contributed by atoms with Crippen molar-refractivity contribution >= 4 is 17.8 Å². The van der Waals surface area contributed by atoms with Crippen LogP contribution in [0, 0.1) is 0 Å². The molecule has 7 nitrogen and oxygen atoms in total. The predicted octanol–water partition coefficient (Wildman–Crippen LogP) is 11.3. The van der Waals surface area contributed by atoms with Crippen molar-refractivity contribution in [2.24, 2.45) is 5.73 Å². The number of rotatable bonds is 38. The smallest absolute Gasteiger partial charge is 0.326 e. The van der Waals surface area contributed by atoms with E-state index in [9.17, 15) is 19.5 Å². The largest absolute Gasteiger partial charge is 0.480 e. The molecule has 0 aromatic rings. The van der Waals surface area contributed by atoms with Gasteiger partial charge < -0.3 is 20.9 Å². The molecule has 0 fully saturated rings. The number of esters is 1. The maximum absolute atomic E-state index is 12.8. The van der Waals surface area contributed by atoms with Crippen LogP contribution in [0.3, 0.4) is 0 Å². The van der Waals surface area contributed by atoms with Crippen LogP contribution in [0.5, 0.6) is 0 Å². The first-order valence-corrected chi connectivity index (χ1v) is 20.9. The molecule has 1 amide bonds. The SMILES string of the molecule is CCCCCCCCCCCCCCCCCC(=O)OC(CCCCCCCCCCCCCCC)CC(=O)NC(CCCN)C(=O)O. The number of hydrogen-bond donors (Lipinski definition) is 3. The standard InChI is InChI=1S/C41H80N2O5/c1-3-5-7-9-11-13-15-17-18-20-22-24-26-28-30-34-40(45)48-37(36-39(44)43-38(41(46)47)33-31-35-42)32-29-27-25-23-21-19-16-14-12-10-8-6-4-2/h37-38H,3-36,42H2,1-2H3,(H,43,44)(H,46,47). The molecule has 48 heavy (non-hydrogen) atoms. The number of aliphatic carboxylic acids is 1. The molecule has 2 atom stereocenters. The van der Waals surface area contributed by atoms with Gasteiger partial charge in [-0.05, 0) is 38.6 Å². The second-order valence-electron chi connectivity index (χ2n) is 14.4. The average Bonchev–Trinajstić information content (AvgIpc) is 3.06. The van der Waals surface area contributed by atoms with E-state index in [1.165, 1.54) is 141 Å². The Kier molecular flexibility index (Phi) is 35.4. The lowest BCUT2D eigenvalue weighted by Crippen LogP contribution is -2.42. The number of nitrogens with two attached hydrogens (primary N) is 1. The molecule has 0 saturated heterocycles. The Morgan fingerprint density at radius 1 is 0.542 bits per heavy atom. The lowest BCUT2D eigenvalue weighted by atomic mass is 10.0. The van der Waals surface area contributed by atoms with Crippen molar-refractivity contribution in [3.8, 4) is 0 Å². The van der Waals surface area contributed by atoms with Crippen LogP contribution >= 0.6 is 0 Å². The first-order valence-electron chi connectivity index (χ1n) is 20.9. The molecule has 284 valence electrons. The number of unbranched alkanes of at least 4 members (excludes halogenated alkanes) is 26. The summed E-state index contributed by atoms with van der Waals surface area (Å²) in [5.41, 5.74) is 5.54. The zero-order valence-corrected chi connectivity index (χ0v) is 31.9. The molecule has 0 bridgehead atoms. The van der Waals surface area contributed by atoms with Crippen LogP contribution in [-0.2, 0) is 19.1 Å². The minimum Gasteiger partial charge on any atom is -0.480 e. The molecule has 0 aliphatic heterocycles. The topological polar surface area (TPSA) is 119 Å². The number of carboxylic acids is 1. The van der Waals surface area contributed by atoms with Gasteiger partial charge in [0.15, 0.2) is 0 Å². The number of ether oxygens (including phenoxy) is 1. The highest BCUT2D eigenvalue weighted by atomic mass is 16.5. The summed E-state index contributed by atoms with van der Waals surface area (Å²) in [6, 6.07) is -0.964. The molecule has 0 heterocycles. The van der Waals surface area contributed by atoms with Crippen LogP contribution in [0.2, 0.25) is 0 Å². The summed E-state index contributed by atoms with van der Waals surface area (Å²) in [4.78, 5) is 37.1. The molecule has 0 aliphatic rings. The fourth-order valence-electron chi connectivity index (χ4n) is 6.52. The molecule has 7 heteroatoms. The number of carboxylic acid groups (broad SMARTS) is 1. The monoisotopic (exact) mass is 681 g/mol. The molecule has 0 aliphatic carbocycles. The zero-order chi connectivity index (χ0) is 35.3. The molecule has 0 rings (SSSR count). The fourth-order valence-corrected chi connectivity index (χ4v) is 6.52. The first-order chi connectivity index (χ1) is 23.4. The number of nitrogens with one attached hydrogen (secondary N) is 1. The van der Waals surface area contributed by atoms with Gasteiger partial charge >= 0.3 is 11.9 Å². The molecule has 0 radical (unpaired) electrons. The molecule has 0 spiro atoms. The van der Waals surface area contributed by atoms with Gasteiger partial charge in [0.25, 0.3) is 0 Å². The van der Waals surface area contributed by atoms with E-state index >= 15 is 0 Å². The van der Waals surface area contributed by atoms with Crippen molar-refractivity contribution in [1.82, 2.24) is 5.32 Å². The van der Waals surface area contributed by atoms with Gasteiger partial charge in [-0.2, -0.15) is 0 Å². The fraction of sp³-hybridized carbons (Fsp3) is 0.927. The molecule has 0 aromatic carbocycles. The van der Waals surface area contributed by atoms with E-state index in [0.29, 0.717) is 32.2 Å². The Labute approximate surface area is 297 Å². The van der Waals surface area contributed by atoms with E-state index < -0.39 is 18.1 Å². The predicted molar refractivity (Wildman–Crippen MR) is 202 cm³/mol. The Morgan fingerprint density at radius 3 is 1.29 bits per heavy atom. The van der Waals surface area contributed by atoms with Gasteiger partial charge in [0.2, 0.25) is 5.91 Å². The highest BCUT2D eigenvalue weighted by Gasteiger charge is 2.23. The van der Waals surface area contributed by atoms with Crippen molar-refractivity contribution in [3.63, 3.8) is 0 Å². The summed E-state index contributed by atoms with van der Waals surface area (Å²) in [6.07, 6.45) is 36.9. The Hall–Kier alpha value is -1.63. The van der Waals surface area contributed by atoms with Gasteiger partial charge in [-0.25, -0.2) is 4.79 Å². The molecule has 0 aromatic heterocycles. The van der Waals surface area contributed by atoms with E-state index in [0.717, 1.165) is 38.5 Å². The average molecular weight is 681 g/mol. The van der Waals surface area contributed by atoms with Gasteiger partial charge in [0.1, 0.15) is 12.1 Å². The molecule has 4 N–H and O–H groups in total. The highest BCUT2D eigenvalue weighted by Crippen LogP contribution is 2.18. The number of carbonyl (C=O) groups excluding carboxylic acids is 2. The van der Waals surface area contributed by atoms with Crippen LogP contribution in [0.25, 0.3) is 0 Å².